The lowest BCUT2D eigenvalue weighted by Crippen LogP contribution is -2.25. The summed E-state index contributed by atoms with van der Waals surface area (Å²) in [7, 11) is 0. The molecule has 0 saturated heterocycles. The molecule has 4 nitrogen and oxygen atoms in total. The fourth-order valence-corrected chi connectivity index (χ4v) is 9.62. The molecule has 1 spiro atoms. The van der Waals surface area contributed by atoms with Gasteiger partial charge in [0.2, 0.25) is 5.95 Å². The Hall–Kier alpha value is -7.43. The molecule has 0 N–H and O–H groups in total. The molecule has 2 aliphatic carbocycles. The van der Waals surface area contributed by atoms with Crippen molar-refractivity contribution in [1.29, 1.82) is 0 Å². The maximum atomic E-state index is 5.39. The summed E-state index contributed by atoms with van der Waals surface area (Å²) >= 11 is 0. The molecule has 260 valence electrons. The molecule has 4 heteroatoms. The number of benzene rings is 8. The van der Waals surface area contributed by atoms with Gasteiger partial charge in [0.1, 0.15) is 0 Å². The van der Waals surface area contributed by atoms with Crippen LogP contribution in [0, 0.1) is 0 Å². The van der Waals surface area contributed by atoms with Gasteiger partial charge in [-0.15, -0.1) is 0 Å². The van der Waals surface area contributed by atoms with Crippen LogP contribution in [0.5, 0.6) is 0 Å². The molecular formula is C52H32N4. The van der Waals surface area contributed by atoms with Crippen LogP contribution < -0.4 is 0 Å². The number of rotatable bonds is 4. The molecule has 10 aromatic rings. The lowest BCUT2D eigenvalue weighted by atomic mass is 9.70. The summed E-state index contributed by atoms with van der Waals surface area (Å²) in [4.78, 5) is 15.9. The average molecular weight is 713 g/mol. The first kappa shape index (κ1) is 31.0. The number of hydrogen-bond acceptors (Lipinski definition) is 3. The van der Waals surface area contributed by atoms with Crippen molar-refractivity contribution in [2.24, 2.45) is 0 Å². The molecule has 2 heterocycles. The Bertz CT molecular complexity index is 3150. The van der Waals surface area contributed by atoms with Gasteiger partial charge in [-0.25, -0.2) is 4.98 Å². The highest BCUT2D eigenvalue weighted by Crippen LogP contribution is 2.63. The molecule has 2 aromatic heterocycles. The van der Waals surface area contributed by atoms with Crippen molar-refractivity contribution in [3.05, 3.63) is 216 Å². The molecule has 0 saturated carbocycles. The Morgan fingerprint density at radius 2 is 0.821 bits per heavy atom. The molecule has 0 amide bonds. The Labute approximate surface area is 324 Å². The third-order valence-electron chi connectivity index (χ3n) is 11.9. The van der Waals surface area contributed by atoms with Crippen LogP contribution in [0.15, 0.2) is 194 Å². The fraction of sp³-hybridized carbons (Fsp3) is 0.0192. The topological polar surface area (TPSA) is 43.6 Å². The fourth-order valence-electron chi connectivity index (χ4n) is 9.62. The van der Waals surface area contributed by atoms with E-state index in [0.717, 1.165) is 38.7 Å². The van der Waals surface area contributed by atoms with Gasteiger partial charge in [0.25, 0.3) is 0 Å². The van der Waals surface area contributed by atoms with Crippen LogP contribution in [-0.2, 0) is 5.41 Å². The quantitative estimate of drug-likeness (QED) is 0.182. The maximum absolute atomic E-state index is 5.39. The smallest absolute Gasteiger partial charge is 0.238 e. The molecular weight excluding hydrogens is 681 g/mol. The lowest BCUT2D eigenvalue weighted by molar-refractivity contribution is 0.794. The van der Waals surface area contributed by atoms with Crippen LogP contribution in [0.25, 0.3) is 83.9 Å². The summed E-state index contributed by atoms with van der Waals surface area (Å²) in [5, 5.41) is 2.32. The van der Waals surface area contributed by atoms with Crippen molar-refractivity contribution in [2.75, 3.05) is 0 Å². The van der Waals surface area contributed by atoms with E-state index in [1.165, 1.54) is 49.9 Å². The number of para-hydroxylation sites is 1. The van der Waals surface area contributed by atoms with Gasteiger partial charge in [-0.05, 0) is 73.8 Å². The molecule has 8 aromatic carbocycles. The van der Waals surface area contributed by atoms with Crippen LogP contribution in [0.2, 0.25) is 0 Å². The third kappa shape index (κ3) is 4.21. The van der Waals surface area contributed by atoms with E-state index in [4.69, 9.17) is 15.0 Å². The van der Waals surface area contributed by atoms with Crippen LogP contribution in [0.3, 0.4) is 0 Å². The Morgan fingerprint density at radius 1 is 0.321 bits per heavy atom. The van der Waals surface area contributed by atoms with Gasteiger partial charge in [-0.1, -0.05) is 176 Å². The first-order valence-corrected chi connectivity index (χ1v) is 19.1. The number of aromatic nitrogens is 4. The predicted octanol–water partition coefficient (Wildman–Crippen LogP) is 12.3. The zero-order chi connectivity index (χ0) is 36.8. The highest BCUT2D eigenvalue weighted by atomic mass is 15.2. The van der Waals surface area contributed by atoms with Crippen LogP contribution in [-0.4, -0.2) is 19.5 Å². The zero-order valence-electron chi connectivity index (χ0n) is 30.3. The van der Waals surface area contributed by atoms with E-state index in [1.54, 1.807) is 0 Å². The maximum Gasteiger partial charge on any atom is 0.238 e. The third-order valence-corrected chi connectivity index (χ3v) is 11.9. The van der Waals surface area contributed by atoms with E-state index < -0.39 is 5.41 Å². The van der Waals surface area contributed by atoms with Gasteiger partial charge < -0.3 is 0 Å². The summed E-state index contributed by atoms with van der Waals surface area (Å²) < 4.78 is 2.26. The van der Waals surface area contributed by atoms with Gasteiger partial charge in [-0.2, -0.15) is 9.97 Å². The van der Waals surface area contributed by atoms with Crippen LogP contribution in [0.1, 0.15) is 22.3 Å². The number of nitrogens with zero attached hydrogens (tertiary/aromatic N) is 4. The average Bonchev–Trinajstić information content (AvgIpc) is 3.87. The van der Waals surface area contributed by atoms with Crippen molar-refractivity contribution < 1.29 is 0 Å². The van der Waals surface area contributed by atoms with Crippen LogP contribution in [0.4, 0.5) is 0 Å². The lowest BCUT2D eigenvalue weighted by Gasteiger charge is -2.30. The van der Waals surface area contributed by atoms with Crippen molar-refractivity contribution in [3.63, 3.8) is 0 Å². The van der Waals surface area contributed by atoms with Crippen molar-refractivity contribution in [1.82, 2.24) is 19.5 Å². The predicted molar refractivity (Wildman–Crippen MR) is 227 cm³/mol. The molecule has 56 heavy (non-hydrogen) atoms. The second kappa shape index (κ2) is 11.8. The second-order valence-electron chi connectivity index (χ2n) is 14.7. The highest BCUT2D eigenvalue weighted by molar-refractivity contribution is 6.12. The van der Waals surface area contributed by atoms with Gasteiger partial charge in [0, 0.05) is 21.9 Å². The van der Waals surface area contributed by atoms with E-state index in [2.05, 4.69) is 174 Å². The monoisotopic (exact) mass is 712 g/mol. The largest absolute Gasteiger partial charge is 0.278 e. The molecule has 0 atom stereocenters. The van der Waals surface area contributed by atoms with E-state index >= 15 is 0 Å². The Kier molecular flexibility index (Phi) is 6.52. The van der Waals surface area contributed by atoms with Gasteiger partial charge in [0.15, 0.2) is 11.6 Å². The molecule has 0 aliphatic heterocycles. The van der Waals surface area contributed by atoms with Gasteiger partial charge >= 0.3 is 0 Å². The Morgan fingerprint density at radius 3 is 1.48 bits per heavy atom. The summed E-state index contributed by atoms with van der Waals surface area (Å²) in [6.45, 7) is 0. The minimum atomic E-state index is -0.470. The summed E-state index contributed by atoms with van der Waals surface area (Å²) in [5.41, 5.74) is 16.1. The van der Waals surface area contributed by atoms with Crippen molar-refractivity contribution in [2.45, 2.75) is 5.41 Å². The molecule has 0 bridgehead atoms. The SMILES string of the molecule is c1ccc(-c2nc(-c3ccccc3-c3ccccc3)nc(-n3c4ccccc4c4cc5c(cc43)C3(c4ccccc4-c4ccccc43)c3ccccc3-5)n2)cc1. The molecule has 12 rings (SSSR count). The Balaban J connectivity index is 1.19. The van der Waals surface area contributed by atoms with E-state index in [-0.39, 0.29) is 0 Å². The molecule has 2 aliphatic rings. The molecule has 0 fully saturated rings. The first-order chi connectivity index (χ1) is 27.8. The van der Waals surface area contributed by atoms with Gasteiger partial charge in [-0.3, -0.25) is 4.57 Å². The minimum Gasteiger partial charge on any atom is -0.278 e. The summed E-state index contributed by atoms with van der Waals surface area (Å²) in [6.07, 6.45) is 0. The summed E-state index contributed by atoms with van der Waals surface area (Å²) in [5.74, 6) is 1.84. The normalized spacial score (nSPS) is 13.1. The first-order valence-electron chi connectivity index (χ1n) is 19.1. The number of fused-ring (bicyclic) bond motifs is 13. The standard InChI is InChI=1S/C52H32N4/c1-3-17-33(18-4-1)35-21-7-8-26-40(35)50-53-49(34-19-5-2-6-20-34)54-51(55-50)56-47-30-16-12-25-39(47)42-31-41-38-24-11-15-29-45(38)52(46(41)32-48(42)56)43-27-13-9-22-36(43)37-23-10-14-28-44(37)52/h1-32H. The minimum absolute atomic E-state index is 0.470. The van der Waals surface area contributed by atoms with Crippen molar-refractivity contribution >= 4 is 21.8 Å². The summed E-state index contributed by atoms with van der Waals surface area (Å²) in [6, 6.07) is 69.5. The number of hydrogen-bond donors (Lipinski definition) is 0. The highest BCUT2D eigenvalue weighted by Gasteiger charge is 2.51. The molecule has 0 unspecified atom stereocenters. The van der Waals surface area contributed by atoms with E-state index in [1.807, 2.05) is 24.3 Å². The van der Waals surface area contributed by atoms with E-state index in [0.29, 0.717) is 17.6 Å². The van der Waals surface area contributed by atoms with Gasteiger partial charge in [0.05, 0.1) is 16.4 Å². The second-order valence-corrected chi connectivity index (χ2v) is 14.7. The van der Waals surface area contributed by atoms with E-state index in [9.17, 15) is 0 Å². The van der Waals surface area contributed by atoms with Crippen LogP contribution >= 0.6 is 0 Å². The zero-order valence-corrected chi connectivity index (χ0v) is 30.3. The van der Waals surface area contributed by atoms with Crippen molar-refractivity contribution in [3.8, 4) is 62.1 Å². The molecule has 0 radical (unpaired) electrons.